The quantitative estimate of drug-likeness (QED) is 0.0439. The van der Waals surface area contributed by atoms with Gasteiger partial charge in [0.05, 0.1) is 10.9 Å². The molecular formula is C39H41F2IO6S3. The fourth-order valence-corrected chi connectivity index (χ4v) is 9.11. The number of rotatable bonds is 9. The molecule has 12 heteroatoms. The molecule has 0 atom stereocenters. The number of hydrogen-bond donors (Lipinski definition) is 0. The van der Waals surface area contributed by atoms with Gasteiger partial charge in [-0.25, -0.2) is 8.42 Å². The zero-order chi connectivity index (χ0) is 37.7. The Kier molecular flexibility index (Phi) is 16.1. The maximum absolute atomic E-state index is 11.8. The van der Waals surface area contributed by atoms with Crippen molar-refractivity contribution in [2.75, 3.05) is 0 Å². The second kappa shape index (κ2) is 19.3. The zero-order valence-corrected chi connectivity index (χ0v) is 33.7. The van der Waals surface area contributed by atoms with Crippen LogP contribution in [0.15, 0.2) is 154 Å². The van der Waals surface area contributed by atoms with E-state index in [9.17, 15) is 21.8 Å². The Bertz CT molecular complexity index is 1700. The van der Waals surface area contributed by atoms with Crippen LogP contribution < -0.4 is 26.5 Å². The third-order valence-electron chi connectivity index (χ3n) is 7.03. The summed E-state index contributed by atoms with van der Waals surface area (Å²) in [5.41, 5.74) is 3.31. The first-order valence-electron chi connectivity index (χ1n) is 15.7. The van der Waals surface area contributed by atoms with Crippen LogP contribution in [0, 0.1) is 7.14 Å². The Labute approximate surface area is 318 Å². The van der Waals surface area contributed by atoms with Gasteiger partial charge in [0.1, 0.15) is 12.0 Å². The Morgan fingerprint density at radius 3 is 1.16 bits per heavy atom. The van der Waals surface area contributed by atoms with Gasteiger partial charge in [-0.3, -0.25) is 5.04 Å². The molecule has 5 rings (SSSR count). The van der Waals surface area contributed by atoms with E-state index < -0.39 is 26.7 Å². The van der Waals surface area contributed by atoms with E-state index >= 15 is 0 Å². The first-order valence-corrected chi connectivity index (χ1v) is 21.2. The molecule has 5 aromatic carbocycles. The van der Waals surface area contributed by atoms with Crippen LogP contribution in [-0.4, -0.2) is 17.6 Å². The van der Waals surface area contributed by atoms with E-state index in [4.69, 9.17) is 5.26 Å². The summed E-state index contributed by atoms with van der Waals surface area (Å²) in [5.74, 6) is 0. The normalized spacial score (nSPS) is 12.0. The van der Waals surface area contributed by atoms with E-state index in [0.29, 0.717) is 0 Å². The van der Waals surface area contributed by atoms with Crippen molar-refractivity contribution in [3.05, 3.63) is 158 Å². The van der Waals surface area contributed by atoms with Crippen molar-refractivity contribution in [2.24, 2.45) is 0 Å². The summed E-state index contributed by atoms with van der Waals surface area (Å²) in [5, 5.41) is 11.3. The van der Waals surface area contributed by atoms with Gasteiger partial charge >= 0.3 is 25.8 Å². The molecule has 51 heavy (non-hydrogen) atoms. The van der Waals surface area contributed by atoms with Crippen LogP contribution in [0.3, 0.4) is 0 Å². The minimum absolute atomic E-state index is 0.0146. The van der Waals surface area contributed by atoms with Crippen molar-refractivity contribution in [3.63, 3.8) is 0 Å². The maximum atomic E-state index is 11.8. The standard InChI is InChI=1S/C20H26I.C18H15S.CH2F2O6S2/c1-19(2,3)15-7-11-17(12-8-15)21-18-13-9-16(10-14-18)20(4,5)6;1-4-10-16(11-5-1)19(17-12-6-2-7-13-17)18-14-8-3-9-15-18;2-1(3,10-9-8-4)11(5,6)7/h7-14H,1-6H3;1-15H;4H,(H,5,6,7)/q2*+1;/p-2. The number of benzene rings is 5. The van der Waals surface area contributed by atoms with Crippen molar-refractivity contribution in [1.29, 1.82) is 0 Å². The molecule has 6 nitrogen and oxygen atoms in total. The number of alkyl halides is 2. The summed E-state index contributed by atoms with van der Waals surface area (Å²) in [4.78, 5) is 4.08. The van der Waals surface area contributed by atoms with E-state index in [1.54, 1.807) is 0 Å². The van der Waals surface area contributed by atoms with E-state index in [-0.39, 0.29) is 42.9 Å². The molecule has 0 fully saturated rings. The molecule has 0 aromatic heterocycles. The second-order valence-corrected chi connectivity index (χ2v) is 20.5. The Balaban J connectivity index is 0.000000217. The SMILES string of the molecule is CC(C)(C)c1ccc([I+]c2ccc(C(C)(C)C)cc2)cc1.O=S(=O)([O-])C(F)(F)SOO[O-].c1ccc([S+](c2ccccc2)c2ccccc2)cc1. The van der Waals surface area contributed by atoms with Crippen molar-refractivity contribution in [1.82, 2.24) is 0 Å². The summed E-state index contributed by atoms with van der Waals surface area (Å²) < 4.78 is 53.7. The summed E-state index contributed by atoms with van der Waals surface area (Å²) in [6.45, 7) is 13.6. The molecule has 0 amide bonds. The largest absolute Gasteiger partial charge is 0.743 e. The predicted molar refractivity (Wildman–Crippen MR) is 194 cm³/mol. The van der Waals surface area contributed by atoms with Crippen LogP contribution in [0.25, 0.3) is 0 Å². The maximum Gasteiger partial charge on any atom is 0.409 e. The second-order valence-electron chi connectivity index (χ2n) is 13.0. The Morgan fingerprint density at radius 2 is 0.902 bits per heavy atom. The summed E-state index contributed by atoms with van der Waals surface area (Å²) in [6.07, 6.45) is 0. The Morgan fingerprint density at radius 1 is 0.588 bits per heavy atom. The average molecular weight is 867 g/mol. The van der Waals surface area contributed by atoms with Gasteiger partial charge in [-0.05, 0) is 82.6 Å². The topological polar surface area (TPSA) is 98.7 Å². The molecule has 0 saturated heterocycles. The first kappa shape index (κ1) is 42.6. The van der Waals surface area contributed by atoms with Crippen LogP contribution in [0.5, 0.6) is 0 Å². The Hall–Kier alpha value is -2.82. The molecular weight excluding hydrogens is 826 g/mol. The third-order valence-corrected chi connectivity index (χ3v) is 13.7. The molecule has 0 N–H and O–H groups in total. The molecule has 0 heterocycles. The monoisotopic (exact) mass is 866 g/mol. The predicted octanol–water partition coefficient (Wildman–Crippen LogP) is 6.15. The highest BCUT2D eigenvalue weighted by Crippen LogP contribution is 2.34. The van der Waals surface area contributed by atoms with Crippen LogP contribution in [0.4, 0.5) is 8.78 Å². The molecule has 0 spiro atoms. The lowest BCUT2D eigenvalue weighted by molar-refractivity contribution is -0.777. The van der Waals surface area contributed by atoms with E-state index in [0.717, 1.165) is 0 Å². The number of hydrogen-bond acceptors (Lipinski definition) is 7. The van der Waals surface area contributed by atoms with Crippen molar-refractivity contribution >= 4 is 33.1 Å². The molecule has 0 aliphatic heterocycles. The lowest BCUT2D eigenvalue weighted by atomic mass is 9.87. The van der Waals surface area contributed by atoms with Crippen LogP contribution >= 0.6 is 12.0 Å². The van der Waals surface area contributed by atoms with Gasteiger partial charge in [-0.15, -0.1) is 0 Å². The minimum Gasteiger partial charge on any atom is -0.743 e. The van der Waals surface area contributed by atoms with Gasteiger partial charge in [-0.1, -0.05) is 120 Å². The zero-order valence-electron chi connectivity index (χ0n) is 29.1. The molecule has 0 radical (unpaired) electrons. The van der Waals surface area contributed by atoms with Gasteiger partial charge in [0.25, 0.3) is 0 Å². The van der Waals surface area contributed by atoms with Gasteiger partial charge in [0.15, 0.2) is 31.9 Å². The molecule has 0 aliphatic carbocycles. The van der Waals surface area contributed by atoms with Crippen LogP contribution in [0.1, 0.15) is 52.7 Å². The molecule has 5 aromatic rings. The van der Waals surface area contributed by atoms with E-state index in [2.05, 4.69) is 190 Å². The third kappa shape index (κ3) is 13.9. The summed E-state index contributed by atoms with van der Waals surface area (Å²) in [7, 11) is -5.85. The fourth-order valence-electron chi connectivity index (χ4n) is 4.32. The summed E-state index contributed by atoms with van der Waals surface area (Å²) >= 11 is -1.25. The highest BCUT2D eigenvalue weighted by Gasteiger charge is 2.40. The van der Waals surface area contributed by atoms with E-state index in [1.807, 2.05) is 0 Å². The van der Waals surface area contributed by atoms with Crippen molar-refractivity contribution in [3.8, 4) is 0 Å². The summed E-state index contributed by atoms with van der Waals surface area (Å²) in [6, 6.07) is 50.6. The highest BCUT2D eigenvalue weighted by atomic mass is 127. The highest BCUT2D eigenvalue weighted by molar-refractivity contribution is 8.09. The average Bonchev–Trinajstić information content (AvgIpc) is 3.09. The van der Waals surface area contributed by atoms with Crippen LogP contribution in [0.2, 0.25) is 0 Å². The van der Waals surface area contributed by atoms with Crippen molar-refractivity contribution in [2.45, 2.75) is 71.6 Å². The minimum atomic E-state index is -5.84. The lowest BCUT2D eigenvalue weighted by Gasteiger charge is -2.18. The molecule has 272 valence electrons. The molecule has 0 saturated carbocycles. The molecule has 0 aliphatic rings. The van der Waals surface area contributed by atoms with Gasteiger partial charge < -0.3 is 9.81 Å². The fraction of sp³-hybridized carbons (Fsp3) is 0.231. The molecule has 0 bridgehead atoms. The van der Waals surface area contributed by atoms with Gasteiger partial charge in [-0.2, -0.15) is 13.1 Å². The number of halogens is 3. The molecule has 0 unspecified atom stereocenters. The van der Waals surface area contributed by atoms with Crippen LogP contribution in [-0.2, 0) is 41.2 Å². The van der Waals surface area contributed by atoms with E-state index in [1.165, 1.54) is 33.0 Å². The van der Waals surface area contributed by atoms with Gasteiger partial charge in [0.2, 0.25) is 0 Å². The smallest absolute Gasteiger partial charge is 0.409 e. The first-order chi connectivity index (χ1) is 23.9. The van der Waals surface area contributed by atoms with Crippen molar-refractivity contribution < 1.29 is 57.6 Å². The van der Waals surface area contributed by atoms with Gasteiger partial charge in [0, 0.05) is 0 Å². The lowest BCUT2D eigenvalue weighted by Crippen LogP contribution is -3.61.